The highest BCUT2D eigenvalue weighted by atomic mass is 32.2. The number of hydrogen-bond donors (Lipinski definition) is 2. The van der Waals surface area contributed by atoms with Crippen LogP contribution in [-0.4, -0.2) is 28.8 Å². The van der Waals surface area contributed by atoms with Crippen molar-refractivity contribution in [1.29, 1.82) is 0 Å². The van der Waals surface area contributed by atoms with Gasteiger partial charge in [0.15, 0.2) is 5.17 Å². The van der Waals surface area contributed by atoms with E-state index in [1.807, 2.05) is 36.4 Å². The minimum absolute atomic E-state index is 0.118. The number of nitrogens with zero attached hydrogens (tertiary/aromatic N) is 1. The van der Waals surface area contributed by atoms with Crippen molar-refractivity contribution < 1.29 is 19.4 Å². The van der Waals surface area contributed by atoms with Gasteiger partial charge in [0.25, 0.3) is 5.91 Å². The number of thioether (sulfide) groups is 1. The molecule has 1 fully saturated rings. The van der Waals surface area contributed by atoms with E-state index in [9.17, 15) is 9.59 Å². The van der Waals surface area contributed by atoms with Gasteiger partial charge in [-0.2, -0.15) is 0 Å². The molecule has 152 valence electrons. The third kappa shape index (κ3) is 4.44. The number of amidine groups is 1. The monoisotopic (exact) mass is 428 g/mol. The van der Waals surface area contributed by atoms with E-state index in [1.54, 1.807) is 18.2 Å². The molecule has 0 bridgehead atoms. The number of aliphatic imine (C=N–C) groups is 1. The number of nitrogens with one attached hydrogen (secondary N) is 1. The van der Waals surface area contributed by atoms with E-state index >= 15 is 0 Å². The molecule has 2 N–H and O–H groups in total. The van der Waals surface area contributed by atoms with Gasteiger partial charge in [0.1, 0.15) is 12.4 Å². The minimum Gasteiger partial charge on any atom is -0.480 e. The molecule has 1 saturated heterocycles. The third-order valence-corrected chi connectivity index (χ3v) is 5.42. The largest absolute Gasteiger partial charge is 0.480 e. The summed E-state index contributed by atoms with van der Waals surface area (Å²) in [7, 11) is 0. The van der Waals surface area contributed by atoms with Gasteiger partial charge >= 0.3 is 5.97 Å². The van der Waals surface area contributed by atoms with Gasteiger partial charge in [-0.05, 0) is 58.9 Å². The number of hydrogen-bond acceptors (Lipinski definition) is 5. The number of carbonyl (C=O) groups is 2. The first kappa shape index (κ1) is 20.3. The summed E-state index contributed by atoms with van der Waals surface area (Å²) in [6.45, 7) is 0.118. The summed E-state index contributed by atoms with van der Waals surface area (Å²) in [6.07, 6.45) is 7.10. The van der Waals surface area contributed by atoms with Gasteiger partial charge in [0.05, 0.1) is 16.2 Å². The molecular weight excluding hydrogens is 412 g/mol. The van der Waals surface area contributed by atoms with Crippen LogP contribution in [0.1, 0.15) is 15.9 Å². The summed E-state index contributed by atoms with van der Waals surface area (Å²) in [5.74, 6) is 1.76. The van der Waals surface area contributed by atoms with Crippen LogP contribution in [0.15, 0.2) is 70.6 Å². The number of fused-ring (bicyclic) bond motifs is 1. The highest BCUT2D eigenvalue weighted by Crippen LogP contribution is 2.34. The van der Waals surface area contributed by atoms with Crippen LogP contribution in [0.25, 0.3) is 16.8 Å². The molecule has 0 unspecified atom stereocenters. The average Bonchev–Trinajstić information content (AvgIpc) is 3.12. The molecule has 31 heavy (non-hydrogen) atoms. The lowest BCUT2D eigenvalue weighted by atomic mass is 10.0. The zero-order valence-electron chi connectivity index (χ0n) is 16.2. The van der Waals surface area contributed by atoms with E-state index in [0.29, 0.717) is 21.5 Å². The first-order chi connectivity index (χ1) is 15.0. The lowest BCUT2D eigenvalue weighted by molar-refractivity contribution is -0.115. The van der Waals surface area contributed by atoms with E-state index in [2.05, 4.69) is 16.2 Å². The Morgan fingerprint density at radius 3 is 2.68 bits per heavy atom. The van der Waals surface area contributed by atoms with Crippen LogP contribution in [-0.2, 0) is 4.79 Å². The molecule has 0 aliphatic carbocycles. The first-order valence-corrected chi connectivity index (χ1v) is 10.1. The molecule has 3 aromatic carbocycles. The van der Waals surface area contributed by atoms with E-state index in [4.69, 9.17) is 16.3 Å². The molecule has 7 heteroatoms. The molecule has 3 aromatic rings. The molecule has 6 nitrogen and oxygen atoms in total. The Morgan fingerprint density at radius 2 is 1.94 bits per heavy atom. The van der Waals surface area contributed by atoms with Crippen LogP contribution in [0.2, 0.25) is 0 Å². The SMILES string of the molecule is C#CCOc1ccc2ccccc2c1/C=C1\SC(=Nc2ccc(C(=O)O)cc2)NC1=O. The number of carboxylic acids is 1. The molecule has 0 aromatic heterocycles. The van der Waals surface area contributed by atoms with Crippen molar-refractivity contribution in [3.05, 3.63) is 76.7 Å². The fourth-order valence-corrected chi connectivity index (χ4v) is 3.90. The van der Waals surface area contributed by atoms with E-state index in [1.165, 1.54) is 23.9 Å². The number of benzene rings is 3. The Kier molecular flexibility index (Phi) is 5.74. The second-order valence-electron chi connectivity index (χ2n) is 6.53. The number of terminal acetylenes is 1. The third-order valence-electron chi connectivity index (χ3n) is 4.51. The van der Waals surface area contributed by atoms with Gasteiger partial charge in [-0.1, -0.05) is 36.3 Å². The Morgan fingerprint density at radius 1 is 1.16 bits per heavy atom. The number of carbonyl (C=O) groups excluding carboxylic acids is 1. The molecule has 1 amide bonds. The standard InChI is InChI=1S/C24H16N2O4S/c1-2-13-30-20-12-9-15-5-3-4-6-18(15)19(20)14-21-22(27)26-24(31-21)25-17-10-7-16(8-11-17)23(28)29/h1,3-12,14H,13H2,(H,28,29)(H,25,26,27)/b21-14-. The van der Waals surface area contributed by atoms with Gasteiger partial charge in [-0.15, -0.1) is 6.42 Å². The Balaban J connectivity index is 1.68. The van der Waals surface area contributed by atoms with E-state index in [-0.39, 0.29) is 18.1 Å². The van der Waals surface area contributed by atoms with Gasteiger partial charge in [0.2, 0.25) is 0 Å². The van der Waals surface area contributed by atoms with Crippen LogP contribution >= 0.6 is 11.8 Å². The Hall–Kier alpha value is -4.02. The fourth-order valence-electron chi connectivity index (χ4n) is 3.08. The van der Waals surface area contributed by atoms with Crippen LogP contribution in [0.3, 0.4) is 0 Å². The number of rotatable bonds is 5. The zero-order valence-corrected chi connectivity index (χ0v) is 17.0. The van der Waals surface area contributed by atoms with Crippen LogP contribution < -0.4 is 10.1 Å². The van der Waals surface area contributed by atoms with Crippen molar-refractivity contribution in [2.75, 3.05) is 6.61 Å². The van der Waals surface area contributed by atoms with Gasteiger partial charge in [-0.25, -0.2) is 9.79 Å². The summed E-state index contributed by atoms with van der Waals surface area (Å²) in [5.41, 5.74) is 1.47. The molecule has 0 spiro atoms. The Bertz CT molecular complexity index is 1290. The summed E-state index contributed by atoms with van der Waals surface area (Å²) in [4.78, 5) is 28.4. The van der Waals surface area contributed by atoms with Crippen molar-refractivity contribution in [3.8, 4) is 18.1 Å². The van der Waals surface area contributed by atoms with Crippen LogP contribution in [0, 0.1) is 12.3 Å². The normalized spacial score (nSPS) is 15.8. The smallest absolute Gasteiger partial charge is 0.335 e. The highest BCUT2D eigenvalue weighted by Gasteiger charge is 2.25. The number of amides is 1. The molecule has 0 atom stereocenters. The maximum absolute atomic E-state index is 12.6. The average molecular weight is 428 g/mol. The predicted octanol–water partition coefficient (Wildman–Crippen LogP) is 4.44. The summed E-state index contributed by atoms with van der Waals surface area (Å²) in [6, 6.07) is 17.7. The minimum atomic E-state index is -1.01. The second-order valence-corrected chi connectivity index (χ2v) is 7.56. The quantitative estimate of drug-likeness (QED) is 0.463. The number of aromatic carboxylic acids is 1. The maximum Gasteiger partial charge on any atom is 0.335 e. The second kappa shape index (κ2) is 8.78. The molecule has 1 aliphatic rings. The molecule has 4 rings (SSSR count). The first-order valence-electron chi connectivity index (χ1n) is 9.26. The number of carboxylic acid groups (broad SMARTS) is 1. The lowest BCUT2D eigenvalue weighted by Gasteiger charge is -2.10. The number of ether oxygens (including phenoxy) is 1. The van der Waals surface area contributed by atoms with Crippen molar-refractivity contribution >= 4 is 51.3 Å². The predicted molar refractivity (Wildman–Crippen MR) is 122 cm³/mol. The molecular formula is C24H16N2O4S. The van der Waals surface area contributed by atoms with Gasteiger partial charge in [-0.3, -0.25) is 4.79 Å². The van der Waals surface area contributed by atoms with E-state index in [0.717, 1.165) is 16.3 Å². The van der Waals surface area contributed by atoms with Crippen molar-refractivity contribution in [2.24, 2.45) is 4.99 Å². The molecule has 0 radical (unpaired) electrons. The molecule has 1 heterocycles. The van der Waals surface area contributed by atoms with Crippen LogP contribution in [0.4, 0.5) is 5.69 Å². The van der Waals surface area contributed by atoms with Gasteiger partial charge in [0, 0.05) is 5.56 Å². The maximum atomic E-state index is 12.6. The Labute approximate surface area is 182 Å². The summed E-state index contributed by atoms with van der Waals surface area (Å²) >= 11 is 1.20. The van der Waals surface area contributed by atoms with Crippen LogP contribution in [0.5, 0.6) is 5.75 Å². The highest BCUT2D eigenvalue weighted by molar-refractivity contribution is 8.18. The van der Waals surface area contributed by atoms with E-state index < -0.39 is 5.97 Å². The van der Waals surface area contributed by atoms with Crippen molar-refractivity contribution in [2.45, 2.75) is 0 Å². The van der Waals surface area contributed by atoms with Crippen molar-refractivity contribution in [1.82, 2.24) is 5.32 Å². The topological polar surface area (TPSA) is 88.0 Å². The lowest BCUT2D eigenvalue weighted by Crippen LogP contribution is -2.19. The van der Waals surface area contributed by atoms with Gasteiger partial charge < -0.3 is 15.2 Å². The summed E-state index contributed by atoms with van der Waals surface area (Å²) in [5, 5.41) is 14.1. The zero-order chi connectivity index (χ0) is 21.8. The summed E-state index contributed by atoms with van der Waals surface area (Å²) < 4.78 is 5.69. The van der Waals surface area contributed by atoms with Crippen molar-refractivity contribution in [3.63, 3.8) is 0 Å². The molecule has 1 aliphatic heterocycles. The molecule has 0 saturated carbocycles. The fraction of sp³-hybridized carbons (Fsp3) is 0.0417.